The zero-order chi connectivity index (χ0) is 13.8. The third-order valence-electron chi connectivity index (χ3n) is 3.79. The predicted octanol–water partition coefficient (Wildman–Crippen LogP) is 2.53. The van der Waals surface area contributed by atoms with Crippen molar-refractivity contribution >= 4 is 0 Å². The minimum absolute atomic E-state index is 0.00935. The number of nitrogens with zero attached hydrogens (tertiary/aromatic N) is 2. The molecule has 1 fully saturated rings. The molecule has 1 aromatic carbocycles. The van der Waals surface area contributed by atoms with Gasteiger partial charge in [0.2, 0.25) is 0 Å². The highest BCUT2D eigenvalue weighted by atomic mass is 16.5. The summed E-state index contributed by atoms with van der Waals surface area (Å²) in [6.45, 7) is 4.79. The quantitative estimate of drug-likeness (QED) is 0.908. The Labute approximate surface area is 119 Å². The number of hydrogen-bond donors (Lipinski definition) is 1. The summed E-state index contributed by atoms with van der Waals surface area (Å²) in [5.41, 5.74) is 2.29. The number of hydrogen-bond acceptors (Lipinski definition) is 3. The van der Waals surface area contributed by atoms with Gasteiger partial charge < -0.3 is 10.1 Å². The Morgan fingerprint density at radius 2 is 2.20 bits per heavy atom. The lowest BCUT2D eigenvalue weighted by atomic mass is 10.0. The van der Waals surface area contributed by atoms with Gasteiger partial charge in [-0.15, -0.1) is 0 Å². The monoisotopic (exact) mass is 271 g/mol. The molecular weight excluding hydrogens is 250 g/mol. The summed E-state index contributed by atoms with van der Waals surface area (Å²) in [6.07, 6.45) is 6.30. The fraction of sp³-hybridized carbons (Fsp3) is 0.438. The maximum absolute atomic E-state index is 5.77. The van der Waals surface area contributed by atoms with Gasteiger partial charge in [0.25, 0.3) is 0 Å². The van der Waals surface area contributed by atoms with Crippen molar-refractivity contribution < 1.29 is 4.74 Å². The molecule has 1 unspecified atom stereocenters. The Morgan fingerprint density at radius 1 is 1.35 bits per heavy atom. The van der Waals surface area contributed by atoms with Gasteiger partial charge in [-0.05, 0) is 31.9 Å². The van der Waals surface area contributed by atoms with E-state index in [-0.39, 0.29) is 5.60 Å². The zero-order valence-corrected chi connectivity index (χ0v) is 11.9. The summed E-state index contributed by atoms with van der Waals surface area (Å²) in [4.78, 5) is 0. The molecule has 4 nitrogen and oxygen atoms in total. The van der Waals surface area contributed by atoms with Gasteiger partial charge in [-0.3, -0.25) is 0 Å². The van der Waals surface area contributed by atoms with Crippen molar-refractivity contribution in [1.29, 1.82) is 0 Å². The Hall–Kier alpha value is -1.65. The fourth-order valence-corrected chi connectivity index (χ4v) is 2.62. The molecule has 1 aromatic heterocycles. The van der Waals surface area contributed by atoms with E-state index in [1.54, 1.807) is 0 Å². The molecule has 2 aromatic rings. The van der Waals surface area contributed by atoms with Gasteiger partial charge in [-0.2, -0.15) is 5.10 Å². The first-order chi connectivity index (χ1) is 9.75. The third-order valence-corrected chi connectivity index (χ3v) is 3.79. The molecule has 0 amide bonds. The van der Waals surface area contributed by atoms with E-state index in [2.05, 4.69) is 35.7 Å². The first-order valence-corrected chi connectivity index (χ1v) is 7.19. The summed E-state index contributed by atoms with van der Waals surface area (Å²) in [5, 5.41) is 7.87. The lowest BCUT2D eigenvalue weighted by Crippen LogP contribution is -2.36. The predicted molar refractivity (Wildman–Crippen MR) is 78.9 cm³/mol. The highest BCUT2D eigenvalue weighted by Crippen LogP contribution is 2.23. The molecule has 0 saturated carbocycles. The highest BCUT2D eigenvalue weighted by Gasteiger charge is 2.28. The normalized spacial score (nSPS) is 22.2. The van der Waals surface area contributed by atoms with E-state index in [0.29, 0.717) is 0 Å². The lowest BCUT2D eigenvalue weighted by Gasteiger charge is -2.23. The van der Waals surface area contributed by atoms with Crippen molar-refractivity contribution in [3.05, 3.63) is 48.3 Å². The Balaban J connectivity index is 1.55. The van der Waals surface area contributed by atoms with E-state index in [1.165, 1.54) is 12.0 Å². The van der Waals surface area contributed by atoms with Gasteiger partial charge in [0.1, 0.15) is 0 Å². The Kier molecular flexibility index (Phi) is 3.85. The molecule has 1 aliphatic heterocycles. The van der Waals surface area contributed by atoms with Crippen LogP contribution >= 0.6 is 0 Å². The molecule has 106 valence electrons. The van der Waals surface area contributed by atoms with Crippen LogP contribution in [0.15, 0.2) is 42.7 Å². The molecule has 1 saturated heterocycles. The molecule has 0 spiro atoms. The molecule has 1 N–H and O–H groups in total. The van der Waals surface area contributed by atoms with Crippen LogP contribution in [0.25, 0.3) is 5.69 Å². The van der Waals surface area contributed by atoms with Crippen LogP contribution in [0.5, 0.6) is 0 Å². The minimum Gasteiger partial charge on any atom is -0.374 e. The van der Waals surface area contributed by atoms with E-state index >= 15 is 0 Å². The van der Waals surface area contributed by atoms with Crippen molar-refractivity contribution in [2.75, 3.05) is 13.2 Å². The molecule has 4 heteroatoms. The second kappa shape index (κ2) is 5.77. The molecule has 2 heterocycles. The molecule has 0 bridgehead atoms. The molecule has 1 atom stereocenters. The van der Waals surface area contributed by atoms with Gasteiger partial charge in [0.05, 0.1) is 17.5 Å². The number of ether oxygens (including phenoxy) is 1. The second-order valence-corrected chi connectivity index (χ2v) is 5.63. The summed E-state index contributed by atoms with van der Waals surface area (Å²) < 4.78 is 7.68. The molecular formula is C16H21N3O. The first kappa shape index (κ1) is 13.3. The average molecular weight is 271 g/mol. The molecule has 1 aliphatic rings. The van der Waals surface area contributed by atoms with Gasteiger partial charge in [-0.25, -0.2) is 4.68 Å². The number of benzene rings is 1. The number of rotatable bonds is 5. The standard InChI is InChI=1S/C16H21N3O/c1-16(8-5-9-20-16)13-17-10-14-11-18-19(12-14)15-6-3-2-4-7-15/h2-4,6-7,11-12,17H,5,8-10,13H2,1H3. The van der Waals surface area contributed by atoms with Crippen LogP contribution in [0.2, 0.25) is 0 Å². The van der Waals surface area contributed by atoms with Crippen LogP contribution in [-0.2, 0) is 11.3 Å². The van der Waals surface area contributed by atoms with Crippen molar-refractivity contribution in [2.24, 2.45) is 0 Å². The summed E-state index contributed by atoms with van der Waals surface area (Å²) in [7, 11) is 0. The zero-order valence-electron chi connectivity index (χ0n) is 11.9. The maximum atomic E-state index is 5.77. The Morgan fingerprint density at radius 3 is 2.95 bits per heavy atom. The van der Waals surface area contributed by atoms with Crippen molar-refractivity contribution in [3.8, 4) is 5.69 Å². The molecule has 0 radical (unpaired) electrons. The molecule has 0 aliphatic carbocycles. The SMILES string of the molecule is CC1(CNCc2cnn(-c3ccccc3)c2)CCCO1. The highest BCUT2D eigenvalue weighted by molar-refractivity contribution is 5.30. The van der Waals surface area contributed by atoms with Gasteiger partial charge in [0.15, 0.2) is 0 Å². The van der Waals surface area contributed by atoms with E-state index in [4.69, 9.17) is 4.74 Å². The van der Waals surface area contributed by atoms with Crippen LogP contribution in [0.1, 0.15) is 25.3 Å². The van der Waals surface area contributed by atoms with Gasteiger partial charge >= 0.3 is 0 Å². The van der Waals surface area contributed by atoms with Crippen molar-refractivity contribution in [3.63, 3.8) is 0 Å². The number of para-hydroxylation sites is 1. The summed E-state index contributed by atoms with van der Waals surface area (Å²) in [5.74, 6) is 0. The summed E-state index contributed by atoms with van der Waals surface area (Å²) in [6, 6.07) is 10.2. The van der Waals surface area contributed by atoms with Gasteiger partial charge in [0, 0.05) is 31.5 Å². The topological polar surface area (TPSA) is 39.1 Å². The van der Waals surface area contributed by atoms with E-state index in [1.807, 2.05) is 29.1 Å². The maximum Gasteiger partial charge on any atom is 0.0779 e. The van der Waals surface area contributed by atoms with Gasteiger partial charge in [-0.1, -0.05) is 18.2 Å². The lowest BCUT2D eigenvalue weighted by molar-refractivity contribution is 0.0207. The smallest absolute Gasteiger partial charge is 0.0779 e. The average Bonchev–Trinajstić information content (AvgIpc) is 3.10. The van der Waals surface area contributed by atoms with E-state index in [9.17, 15) is 0 Å². The largest absolute Gasteiger partial charge is 0.374 e. The summed E-state index contributed by atoms with van der Waals surface area (Å²) >= 11 is 0. The van der Waals surface area contributed by atoms with Crippen LogP contribution in [-0.4, -0.2) is 28.5 Å². The number of nitrogens with one attached hydrogen (secondary N) is 1. The van der Waals surface area contributed by atoms with E-state index < -0.39 is 0 Å². The van der Waals surface area contributed by atoms with Crippen LogP contribution in [0, 0.1) is 0 Å². The Bertz CT molecular complexity index is 544. The van der Waals surface area contributed by atoms with Crippen molar-refractivity contribution in [2.45, 2.75) is 31.9 Å². The van der Waals surface area contributed by atoms with Crippen LogP contribution < -0.4 is 5.32 Å². The number of aromatic nitrogens is 2. The third kappa shape index (κ3) is 3.08. The van der Waals surface area contributed by atoms with Crippen LogP contribution in [0.4, 0.5) is 0 Å². The van der Waals surface area contributed by atoms with E-state index in [0.717, 1.165) is 31.8 Å². The van der Waals surface area contributed by atoms with Crippen LogP contribution in [0.3, 0.4) is 0 Å². The molecule has 3 rings (SSSR count). The molecule has 20 heavy (non-hydrogen) atoms. The minimum atomic E-state index is 0.00935. The van der Waals surface area contributed by atoms with Crippen molar-refractivity contribution in [1.82, 2.24) is 15.1 Å². The first-order valence-electron chi connectivity index (χ1n) is 7.19. The second-order valence-electron chi connectivity index (χ2n) is 5.63. The fourth-order valence-electron chi connectivity index (χ4n) is 2.62.